The summed E-state index contributed by atoms with van der Waals surface area (Å²) in [6.07, 6.45) is 2.26. The predicted molar refractivity (Wildman–Crippen MR) is 63.9 cm³/mol. The summed E-state index contributed by atoms with van der Waals surface area (Å²) in [5, 5.41) is 13.7. The number of amides is 2. The SMILES string of the molecule is C[C@@H](NC(=O)NCC1CCCN(C)C1)C(=O)O. The van der Waals surface area contributed by atoms with E-state index < -0.39 is 18.0 Å². The second kappa shape index (κ2) is 6.44. The van der Waals surface area contributed by atoms with E-state index in [1.807, 2.05) is 0 Å². The molecule has 98 valence electrons. The fourth-order valence-corrected chi connectivity index (χ4v) is 1.99. The van der Waals surface area contributed by atoms with Crippen LogP contribution in [0.4, 0.5) is 4.79 Å². The standard InChI is InChI=1S/C11H21N3O3/c1-8(10(15)16)13-11(17)12-6-9-4-3-5-14(2)7-9/h8-9H,3-7H2,1-2H3,(H,15,16)(H2,12,13,17)/t8-,9?/m1/s1. The lowest BCUT2D eigenvalue weighted by Gasteiger charge is -2.29. The molecule has 3 N–H and O–H groups in total. The Morgan fingerprint density at radius 3 is 2.82 bits per heavy atom. The topological polar surface area (TPSA) is 81.7 Å². The van der Waals surface area contributed by atoms with Crippen molar-refractivity contribution < 1.29 is 14.7 Å². The molecule has 17 heavy (non-hydrogen) atoms. The number of carbonyl (C=O) groups excluding carboxylic acids is 1. The van der Waals surface area contributed by atoms with Crippen LogP contribution in [0, 0.1) is 5.92 Å². The van der Waals surface area contributed by atoms with Crippen LogP contribution in [0.3, 0.4) is 0 Å². The summed E-state index contributed by atoms with van der Waals surface area (Å²) in [7, 11) is 2.07. The quantitative estimate of drug-likeness (QED) is 0.654. The second-order valence-corrected chi connectivity index (χ2v) is 4.68. The second-order valence-electron chi connectivity index (χ2n) is 4.68. The van der Waals surface area contributed by atoms with Crippen molar-refractivity contribution in [3.05, 3.63) is 0 Å². The van der Waals surface area contributed by atoms with Gasteiger partial charge in [0.2, 0.25) is 0 Å². The molecule has 1 unspecified atom stereocenters. The molecule has 2 amide bonds. The van der Waals surface area contributed by atoms with Gasteiger partial charge >= 0.3 is 12.0 Å². The van der Waals surface area contributed by atoms with Crippen molar-refractivity contribution in [3.63, 3.8) is 0 Å². The molecule has 0 bridgehead atoms. The van der Waals surface area contributed by atoms with Crippen molar-refractivity contribution in [2.45, 2.75) is 25.8 Å². The third kappa shape index (κ3) is 5.04. The molecule has 0 saturated carbocycles. The van der Waals surface area contributed by atoms with Crippen LogP contribution in [-0.4, -0.2) is 54.7 Å². The maximum absolute atomic E-state index is 11.4. The molecular formula is C11H21N3O3. The Morgan fingerprint density at radius 2 is 2.24 bits per heavy atom. The van der Waals surface area contributed by atoms with Crippen LogP contribution in [0.1, 0.15) is 19.8 Å². The molecule has 0 aliphatic carbocycles. The van der Waals surface area contributed by atoms with Crippen LogP contribution < -0.4 is 10.6 Å². The van der Waals surface area contributed by atoms with Crippen LogP contribution in [0.15, 0.2) is 0 Å². The zero-order valence-corrected chi connectivity index (χ0v) is 10.4. The van der Waals surface area contributed by atoms with E-state index in [-0.39, 0.29) is 0 Å². The van der Waals surface area contributed by atoms with Crippen molar-refractivity contribution in [1.82, 2.24) is 15.5 Å². The van der Waals surface area contributed by atoms with E-state index in [1.165, 1.54) is 6.92 Å². The van der Waals surface area contributed by atoms with Crippen LogP contribution in [0.25, 0.3) is 0 Å². The molecule has 0 spiro atoms. The highest BCUT2D eigenvalue weighted by Gasteiger charge is 2.18. The number of carbonyl (C=O) groups is 2. The van der Waals surface area contributed by atoms with E-state index in [9.17, 15) is 9.59 Å². The number of nitrogens with zero attached hydrogens (tertiary/aromatic N) is 1. The van der Waals surface area contributed by atoms with E-state index >= 15 is 0 Å². The van der Waals surface area contributed by atoms with Crippen LogP contribution >= 0.6 is 0 Å². The van der Waals surface area contributed by atoms with Gasteiger partial charge < -0.3 is 20.6 Å². The molecule has 2 atom stereocenters. The molecule has 0 aromatic carbocycles. The van der Waals surface area contributed by atoms with Crippen molar-refractivity contribution in [1.29, 1.82) is 0 Å². The fraction of sp³-hybridized carbons (Fsp3) is 0.818. The smallest absolute Gasteiger partial charge is 0.325 e. The van der Waals surface area contributed by atoms with Crippen LogP contribution in [0.2, 0.25) is 0 Å². The fourth-order valence-electron chi connectivity index (χ4n) is 1.99. The number of nitrogens with one attached hydrogen (secondary N) is 2. The first-order chi connectivity index (χ1) is 7.99. The number of carboxylic acids is 1. The van der Waals surface area contributed by atoms with Crippen molar-refractivity contribution in [2.75, 3.05) is 26.7 Å². The molecule has 0 radical (unpaired) electrons. The van der Waals surface area contributed by atoms with Gasteiger partial charge in [0, 0.05) is 13.1 Å². The Morgan fingerprint density at radius 1 is 1.53 bits per heavy atom. The lowest BCUT2D eigenvalue weighted by Crippen LogP contribution is -2.47. The highest BCUT2D eigenvalue weighted by atomic mass is 16.4. The zero-order chi connectivity index (χ0) is 12.8. The number of rotatable bonds is 4. The Labute approximate surface area is 101 Å². The summed E-state index contributed by atoms with van der Waals surface area (Å²) < 4.78 is 0. The Balaban J connectivity index is 2.21. The summed E-state index contributed by atoms with van der Waals surface area (Å²) >= 11 is 0. The van der Waals surface area contributed by atoms with Crippen molar-refractivity contribution in [3.8, 4) is 0 Å². The van der Waals surface area contributed by atoms with E-state index in [4.69, 9.17) is 5.11 Å². The van der Waals surface area contributed by atoms with Crippen molar-refractivity contribution >= 4 is 12.0 Å². The van der Waals surface area contributed by atoms with Gasteiger partial charge in [-0.1, -0.05) is 0 Å². The van der Waals surface area contributed by atoms with Gasteiger partial charge in [-0.25, -0.2) is 4.79 Å². The number of piperidine rings is 1. The molecule has 1 heterocycles. The van der Waals surface area contributed by atoms with Crippen molar-refractivity contribution in [2.24, 2.45) is 5.92 Å². The average molecular weight is 243 g/mol. The van der Waals surface area contributed by atoms with Gasteiger partial charge in [-0.2, -0.15) is 0 Å². The van der Waals surface area contributed by atoms with Crippen LogP contribution in [-0.2, 0) is 4.79 Å². The van der Waals surface area contributed by atoms with E-state index in [0.29, 0.717) is 12.5 Å². The third-order valence-electron chi connectivity index (χ3n) is 2.99. The number of aliphatic carboxylic acids is 1. The molecular weight excluding hydrogens is 222 g/mol. The average Bonchev–Trinajstić information content (AvgIpc) is 2.26. The van der Waals surface area contributed by atoms with Crippen LogP contribution in [0.5, 0.6) is 0 Å². The minimum Gasteiger partial charge on any atom is -0.480 e. The van der Waals surface area contributed by atoms with E-state index in [0.717, 1.165) is 25.9 Å². The molecule has 1 rings (SSSR count). The van der Waals surface area contributed by atoms with Gasteiger partial charge in [-0.3, -0.25) is 4.79 Å². The Hall–Kier alpha value is -1.30. The number of hydrogen-bond acceptors (Lipinski definition) is 3. The minimum atomic E-state index is -1.03. The van der Waals surface area contributed by atoms with Gasteiger partial charge in [0.25, 0.3) is 0 Å². The van der Waals surface area contributed by atoms with Gasteiger partial charge in [-0.05, 0) is 39.3 Å². The first-order valence-corrected chi connectivity index (χ1v) is 5.94. The Bertz CT molecular complexity index is 283. The monoisotopic (exact) mass is 243 g/mol. The maximum Gasteiger partial charge on any atom is 0.325 e. The third-order valence-corrected chi connectivity index (χ3v) is 2.99. The van der Waals surface area contributed by atoms with E-state index in [1.54, 1.807) is 0 Å². The summed E-state index contributed by atoms with van der Waals surface area (Å²) in [4.78, 5) is 24.2. The molecule has 6 nitrogen and oxygen atoms in total. The Kier molecular flexibility index (Phi) is 5.21. The lowest BCUT2D eigenvalue weighted by molar-refractivity contribution is -0.138. The largest absolute Gasteiger partial charge is 0.480 e. The van der Waals surface area contributed by atoms with Gasteiger partial charge in [0.15, 0.2) is 0 Å². The molecule has 1 aliphatic rings. The lowest BCUT2D eigenvalue weighted by atomic mass is 9.99. The molecule has 0 aromatic rings. The molecule has 6 heteroatoms. The normalized spacial score (nSPS) is 22.8. The van der Waals surface area contributed by atoms with Gasteiger partial charge in [-0.15, -0.1) is 0 Å². The molecule has 1 saturated heterocycles. The maximum atomic E-state index is 11.4. The number of carboxylic acid groups (broad SMARTS) is 1. The van der Waals surface area contributed by atoms with Gasteiger partial charge in [0.05, 0.1) is 0 Å². The summed E-state index contributed by atoms with van der Waals surface area (Å²) in [5.74, 6) is -0.572. The molecule has 1 fully saturated rings. The summed E-state index contributed by atoms with van der Waals surface area (Å²) in [5.41, 5.74) is 0. The minimum absolute atomic E-state index is 0.409. The first kappa shape index (κ1) is 13.8. The number of urea groups is 1. The highest BCUT2D eigenvalue weighted by molar-refractivity contribution is 5.82. The van der Waals surface area contributed by atoms with E-state index in [2.05, 4.69) is 22.6 Å². The summed E-state index contributed by atoms with van der Waals surface area (Å²) in [6, 6.07) is -1.27. The predicted octanol–water partition coefficient (Wildman–Crippen LogP) is 0.101. The first-order valence-electron chi connectivity index (χ1n) is 5.94. The molecule has 0 aromatic heterocycles. The highest BCUT2D eigenvalue weighted by Crippen LogP contribution is 2.13. The number of likely N-dealkylation sites (tertiary alicyclic amines) is 1. The van der Waals surface area contributed by atoms with Gasteiger partial charge in [0.1, 0.15) is 6.04 Å². The summed E-state index contributed by atoms with van der Waals surface area (Å²) in [6.45, 7) is 4.13. The zero-order valence-electron chi connectivity index (χ0n) is 10.4. The number of hydrogen-bond donors (Lipinski definition) is 3. The molecule has 1 aliphatic heterocycles.